The number of nitrogen functional groups attached to an aromatic ring is 1. The lowest BCUT2D eigenvalue weighted by Gasteiger charge is -2.15. The van der Waals surface area contributed by atoms with Crippen LogP contribution in [-0.4, -0.2) is 41.5 Å². The number of nitrogens with one attached hydrogen (secondary N) is 1. The summed E-state index contributed by atoms with van der Waals surface area (Å²) < 4.78 is 0. The Hall–Kier alpha value is -1.36. The Morgan fingerprint density at radius 3 is 3.00 bits per heavy atom. The van der Waals surface area contributed by atoms with Crippen LogP contribution < -0.4 is 11.1 Å². The van der Waals surface area contributed by atoms with Gasteiger partial charge in [-0.15, -0.1) is 0 Å². The molecule has 1 aliphatic rings. The highest BCUT2D eigenvalue weighted by Gasteiger charge is 2.19. The molecule has 1 aromatic heterocycles. The van der Waals surface area contributed by atoms with Gasteiger partial charge in [0.25, 0.3) is 0 Å². The number of likely N-dealkylation sites (tertiary alicyclic amines) is 1. The molecular formula is C13H23N5. The van der Waals surface area contributed by atoms with Gasteiger partial charge in [0.05, 0.1) is 0 Å². The van der Waals surface area contributed by atoms with Gasteiger partial charge >= 0.3 is 0 Å². The van der Waals surface area contributed by atoms with E-state index in [0.29, 0.717) is 11.7 Å². The van der Waals surface area contributed by atoms with Crippen LogP contribution in [0.5, 0.6) is 0 Å². The van der Waals surface area contributed by atoms with Crippen LogP contribution >= 0.6 is 0 Å². The van der Waals surface area contributed by atoms with Gasteiger partial charge in [-0.2, -0.15) is 0 Å². The fraction of sp³-hybridized carbons (Fsp3) is 0.692. The maximum atomic E-state index is 5.91. The Morgan fingerprint density at radius 1 is 1.50 bits per heavy atom. The summed E-state index contributed by atoms with van der Waals surface area (Å²) in [4.78, 5) is 10.8. The molecule has 1 fully saturated rings. The fourth-order valence-electron chi connectivity index (χ4n) is 2.51. The van der Waals surface area contributed by atoms with E-state index >= 15 is 0 Å². The van der Waals surface area contributed by atoms with E-state index in [9.17, 15) is 0 Å². The summed E-state index contributed by atoms with van der Waals surface area (Å²) in [6.07, 6.45) is 4.78. The van der Waals surface area contributed by atoms with Gasteiger partial charge in [-0.25, -0.2) is 9.97 Å². The van der Waals surface area contributed by atoms with E-state index < -0.39 is 0 Å². The number of nitrogens with two attached hydrogens (primary N) is 1. The van der Waals surface area contributed by atoms with Crippen molar-refractivity contribution < 1.29 is 0 Å². The van der Waals surface area contributed by atoms with E-state index in [1.807, 2.05) is 0 Å². The first-order valence-electron chi connectivity index (χ1n) is 6.72. The normalized spacial score (nSPS) is 20.2. The molecule has 3 N–H and O–H groups in total. The Morgan fingerprint density at radius 2 is 2.33 bits per heavy atom. The van der Waals surface area contributed by atoms with Gasteiger partial charge in [-0.1, -0.05) is 13.3 Å². The minimum Gasteiger partial charge on any atom is -0.383 e. The molecule has 18 heavy (non-hydrogen) atoms. The zero-order chi connectivity index (χ0) is 13.0. The topological polar surface area (TPSA) is 67.1 Å². The zero-order valence-electron chi connectivity index (χ0n) is 11.3. The van der Waals surface area contributed by atoms with Crippen molar-refractivity contribution in [2.45, 2.75) is 26.2 Å². The summed E-state index contributed by atoms with van der Waals surface area (Å²) in [5.41, 5.74) is 6.98. The molecule has 0 amide bonds. The molecule has 0 saturated carbocycles. The highest BCUT2D eigenvalue weighted by molar-refractivity contribution is 5.54. The largest absolute Gasteiger partial charge is 0.383 e. The third-order valence-electron chi connectivity index (χ3n) is 3.53. The first kappa shape index (κ1) is 13.1. The maximum Gasteiger partial charge on any atom is 0.134 e. The van der Waals surface area contributed by atoms with Gasteiger partial charge in [-0.3, -0.25) is 0 Å². The van der Waals surface area contributed by atoms with E-state index in [-0.39, 0.29) is 0 Å². The van der Waals surface area contributed by atoms with Crippen molar-refractivity contribution in [3.63, 3.8) is 0 Å². The third kappa shape index (κ3) is 3.10. The van der Waals surface area contributed by atoms with Crippen molar-refractivity contribution in [3.8, 4) is 0 Å². The summed E-state index contributed by atoms with van der Waals surface area (Å²) in [7, 11) is 2.17. The molecule has 2 rings (SSSR count). The van der Waals surface area contributed by atoms with Gasteiger partial charge in [0.2, 0.25) is 0 Å². The Bertz CT molecular complexity index is 393. The smallest absolute Gasteiger partial charge is 0.134 e. The first-order valence-corrected chi connectivity index (χ1v) is 6.72. The molecule has 0 bridgehead atoms. The quantitative estimate of drug-likeness (QED) is 0.825. The van der Waals surface area contributed by atoms with Crippen LogP contribution in [-0.2, 0) is 6.42 Å². The number of hydrogen-bond acceptors (Lipinski definition) is 5. The van der Waals surface area contributed by atoms with E-state index in [4.69, 9.17) is 5.73 Å². The van der Waals surface area contributed by atoms with E-state index in [1.54, 1.807) is 0 Å². The minimum atomic E-state index is 0.609. The highest BCUT2D eigenvalue weighted by atomic mass is 15.1. The molecule has 1 aliphatic heterocycles. The van der Waals surface area contributed by atoms with Gasteiger partial charge in [0.15, 0.2) is 0 Å². The SMILES string of the molecule is CCCc1c(N)ncnc1NCC1CCN(C)C1. The fourth-order valence-corrected chi connectivity index (χ4v) is 2.51. The average molecular weight is 249 g/mol. The van der Waals surface area contributed by atoms with Crippen LogP contribution in [0.15, 0.2) is 6.33 Å². The standard InChI is InChI=1S/C13H23N5/c1-3-4-11-12(14)16-9-17-13(11)15-7-10-5-6-18(2)8-10/h9-10H,3-8H2,1-2H3,(H3,14,15,16,17). The molecule has 1 saturated heterocycles. The van der Waals surface area contributed by atoms with E-state index in [0.717, 1.165) is 37.3 Å². The van der Waals surface area contributed by atoms with Crippen molar-refractivity contribution in [1.29, 1.82) is 0 Å². The maximum absolute atomic E-state index is 5.91. The van der Waals surface area contributed by atoms with Crippen LogP contribution in [0.4, 0.5) is 11.6 Å². The Balaban J connectivity index is 1.98. The highest BCUT2D eigenvalue weighted by Crippen LogP contribution is 2.21. The summed E-state index contributed by atoms with van der Waals surface area (Å²) in [5, 5.41) is 3.44. The Kier molecular flexibility index (Phi) is 4.36. The number of hydrogen-bond donors (Lipinski definition) is 2. The van der Waals surface area contributed by atoms with E-state index in [1.165, 1.54) is 19.3 Å². The molecule has 1 unspecified atom stereocenters. The second-order valence-electron chi connectivity index (χ2n) is 5.13. The summed E-state index contributed by atoms with van der Waals surface area (Å²) in [6, 6.07) is 0. The lowest BCUT2D eigenvalue weighted by Crippen LogP contribution is -2.20. The zero-order valence-corrected chi connectivity index (χ0v) is 11.3. The van der Waals surface area contributed by atoms with Crippen molar-refractivity contribution in [2.75, 3.05) is 37.7 Å². The molecule has 5 heteroatoms. The summed E-state index contributed by atoms with van der Waals surface area (Å²) in [5.74, 6) is 2.23. The van der Waals surface area contributed by atoms with Crippen LogP contribution in [0.3, 0.4) is 0 Å². The molecule has 0 spiro atoms. The number of aromatic nitrogens is 2. The van der Waals surface area contributed by atoms with Crippen molar-refractivity contribution in [2.24, 2.45) is 5.92 Å². The molecule has 0 radical (unpaired) electrons. The lowest BCUT2D eigenvalue weighted by molar-refractivity contribution is 0.399. The monoisotopic (exact) mass is 249 g/mol. The predicted octanol–water partition coefficient (Wildman–Crippen LogP) is 1.37. The van der Waals surface area contributed by atoms with Crippen molar-refractivity contribution in [3.05, 3.63) is 11.9 Å². The molecule has 2 heterocycles. The third-order valence-corrected chi connectivity index (χ3v) is 3.53. The molecular weight excluding hydrogens is 226 g/mol. The second kappa shape index (κ2) is 6.00. The molecule has 0 aromatic carbocycles. The molecule has 1 atom stereocenters. The van der Waals surface area contributed by atoms with Crippen molar-refractivity contribution >= 4 is 11.6 Å². The van der Waals surface area contributed by atoms with Crippen LogP contribution in [0.2, 0.25) is 0 Å². The molecule has 0 aliphatic carbocycles. The van der Waals surface area contributed by atoms with Crippen LogP contribution in [0.1, 0.15) is 25.3 Å². The average Bonchev–Trinajstić information content (AvgIpc) is 2.76. The van der Waals surface area contributed by atoms with Crippen molar-refractivity contribution in [1.82, 2.24) is 14.9 Å². The van der Waals surface area contributed by atoms with Gasteiger partial charge in [-0.05, 0) is 32.4 Å². The molecule has 5 nitrogen and oxygen atoms in total. The number of anilines is 2. The first-order chi connectivity index (χ1) is 8.70. The van der Waals surface area contributed by atoms with Gasteiger partial charge < -0.3 is 16.0 Å². The van der Waals surface area contributed by atoms with Crippen LogP contribution in [0.25, 0.3) is 0 Å². The summed E-state index contributed by atoms with van der Waals surface area (Å²) >= 11 is 0. The molecule has 1 aromatic rings. The lowest BCUT2D eigenvalue weighted by atomic mass is 10.1. The van der Waals surface area contributed by atoms with Crippen LogP contribution in [0, 0.1) is 5.92 Å². The van der Waals surface area contributed by atoms with Gasteiger partial charge in [0.1, 0.15) is 18.0 Å². The molecule has 100 valence electrons. The van der Waals surface area contributed by atoms with Gasteiger partial charge in [0, 0.05) is 18.7 Å². The minimum absolute atomic E-state index is 0.609. The Labute approximate surface area is 109 Å². The number of rotatable bonds is 5. The predicted molar refractivity (Wildman–Crippen MR) is 74.5 cm³/mol. The summed E-state index contributed by atoms with van der Waals surface area (Å²) in [6.45, 7) is 5.47. The van der Waals surface area contributed by atoms with E-state index in [2.05, 4.69) is 34.2 Å². The second-order valence-corrected chi connectivity index (χ2v) is 5.13. The number of nitrogens with zero attached hydrogens (tertiary/aromatic N) is 3.